The van der Waals surface area contributed by atoms with Gasteiger partial charge >= 0.3 is 0 Å². The Hall–Kier alpha value is -1.98. The Morgan fingerprint density at radius 2 is 1.81 bits per heavy atom. The molecular weight excluding hydrogens is 300 g/mol. The van der Waals surface area contributed by atoms with Crippen molar-refractivity contribution in [3.8, 4) is 0 Å². The van der Waals surface area contributed by atoms with Crippen LogP contribution in [0.4, 0.5) is 8.78 Å². The van der Waals surface area contributed by atoms with E-state index in [1.54, 1.807) is 24.3 Å². The minimum absolute atomic E-state index is 0.100. The second kappa shape index (κ2) is 6.65. The van der Waals surface area contributed by atoms with Gasteiger partial charge in [0.2, 0.25) is 0 Å². The van der Waals surface area contributed by atoms with Crippen LogP contribution in [-0.2, 0) is 13.2 Å². The molecule has 6 heteroatoms. The van der Waals surface area contributed by atoms with Gasteiger partial charge in [0.15, 0.2) is 11.6 Å². The van der Waals surface area contributed by atoms with E-state index in [0.717, 1.165) is 17.7 Å². The molecule has 21 heavy (non-hydrogen) atoms. The van der Waals surface area contributed by atoms with E-state index in [1.165, 1.54) is 0 Å². The highest BCUT2D eigenvalue weighted by Gasteiger charge is 2.14. The van der Waals surface area contributed by atoms with Crippen molar-refractivity contribution < 1.29 is 18.7 Å². The highest BCUT2D eigenvalue weighted by Crippen LogP contribution is 2.20. The standard InChI is InChI=1S/C15H12ClF2NO2/c16-12-6-14(18)13(17)5-11(12)15(21)19-7-9-2-1-3-10(4-9)8-20/h1-6,20H,7-8H2,(H,19,21). The van der Waals surface area contributed by atoms with Crippen LogP contribution in [-0.4, -0.2) is 11.0 Å². The summed E-state index contributed by atoms with van der Waals surface area (Å²) in [5.74, 6) is -2.84. The molecule has 0 fully saturated rings. The molecule has 0 aliphatic heterocycles. The molecule has 0 saturated carbocycles. The second-order valence-corrected chi connectivity index (χ2v) is 4.81. The molecular formula is C15H12ClF2NO2. The van der Waals surface area contributed by atoms with Crippen LogP contribution in [0.15, 0.2) is 36.4 Å². The number of carbonyl (C=O) groups is 1. The number of amides is 1. The van der Waals surface area contributed by atoms with Crippen molar-refractivity contribution in [3.05, 3.63) is 69.7 Å². The third kappa shape index (κ3) is 3.77. The summed E-state index contributed by atoms with van der Waals surface area (Å²) >= 11 is 5.73. The van der Waals surface area contributed by atoms with Gasteiger partial charge in [0, 0.05) is 6.54 Å². The van der Waals surface area contributed by atoms with E-state index in [0.29, 0.717) is 5.56 Å². The first-order valence-electron chi connectivity index (χ1n) is 6.12. The zero-order valence-electron chi connectivity index (χ0n) is 10.9. The third-order valence-corrected chi connectivity index (χ3v) is 3.19. The Labute approximate surface area is 125 Å². The molecule has 0 bridgehead atoms. The monoisotopic (exact) mass is 311 g/mol. The first-order chi connectivity index (χ1) is 10.0. The van der Waals surface area contributed by atoms with Crippen LogP contribution in [0.2, 0.25) is 5.02 Å². The van der Waals surface area contributed by atoms with E-state index in [1.807, 2.05) is 0 Å². The Morgan fingerprint density at radius 3 is 2.52 bits per heavy atom. The molecule has 3 nitrogen and oxygen atoms in total. The van der Waals surface area contributed by atoms with Crippen LogP contribution in [0.25, 0.3) is 0 Å². The Balaban J connectivity index is 2.10. The summed E-state index contributed by atoms with van der Waals surface area (Å²) in [7, 11) is 0. The van der Waals surface area contributed by atoms with Crippen LogP contribution in [0.1, 0.15) is 21.5 Å². The smallest absolute Gasteiger partial charge is 0.253 e. The zero-order chi connectivity index (χ0) is 15.4. The van der Waals surface area contributed by atoms with Crippen molar-refractivity contribution in [2.45, 2.75) is 13.2 Å². The maximum absolute atomic E-state index is 13.1. The van der Waals surface area contributed by atoms with E-state index in [4.69, 9.17) is 16.7 Å². The van der Waals surface area contributed by atoms with Crippen molar-refractivity contribution in [1.29, 1.82) is 0 Å². The summed E-state index contributed by atoms with van der Waals surface area (Å²) in [6, 6.07) is 8.52. The average molecular weight is 312 g/mol. The molecule has 0 unspecified atom stereocenters. The number of benzene rings is 2. The van der Waals surface area contributed by atoms with E-state index in [-0.39, 0.29) is 23.7 Å². The zero-order valence-corrected chi connectivity index (χ0v) is 11.6. The molecule has 2 N–H and O–H groups in total. The van der Waals surface area contributed by atoms with Gasteiger partial charge in [-0.05, 0) is 23.3 Å². The molecule has 2 aromatic carbocycles. The van der Waals surface area contributed by atoms with Gasteiger partial charge in [-0.25, -0.2) is 8.78 Å². The fraction of sp³-hybridized carbons (Fsp3) is 0.133. The molecule has 0 aliphatic carbocycles. The molecule has 0 atom stereocenters. The molecule has 2 rings (SSSR count). The summed E-state index contributed by atoms with van der Waals surface area (Å²) in [5, 5.41) is 11.4. The van der Waals surface area contributed by atoms with Crippen molar-refractivity contribution in [2.24, 2.45) is 0 Å². The number of halogens is 3. The molecule has 1 amide bonds. The first kappa shape index (κ1) is 15.4. The lowest BCUT2D eigenvalue weighted by Gasteiger charge is -2.08. The van der Waals surface area contributed by atoms with Gasteiger partial charge in [-0.2, -0.15) is 0 Å². The van der Waals surface area contributed by atoms with Gasteiger partial charge in [0.05, 0.1) is 17.2 Å². The largest absolute Gasteiger partial charge is 0.392 e. The first-order valence-corrected chi connectivity index (χ1v) is 6.50. The lowest BCUT2D eigenvalue weighted by atomic mass is 10.1. The molecule has 0 saturated heterocycles. The maximum atomic E-state index is 13.1. The van der Waals surface area contributed by atoms with Crippen molar-refractivity contribution in [1.82, 2.24) is 5.32 Å². The van der Waals surface area contributed by atoms with Crippen LogP contribution < -0.4 is 5.32 Å². The number of carbonyl (C=O) groups excluding carboxylic acids is 1. The van der Waals surface area contributed by atoms with Crippen LogP contribution in [0.3, 0.4) is 0 Å². The average Bonchev–Trinajstić information content (AvgIpc) is 2.48. The molecule has 2 aromatic rings. The SMILES string of the molecule is O=C(NCc1cccc(CO)c1)c1cc(F)c(F)cc1Cl. The summed E-state index contributed by atoms with van der Waals surface area (Å²) < 4.78 is 26.1. The van der Waals surface area contributed by atoms with E-state index in [9.17, 15) is 13.6 Å². The Bertz CT molecular complexity index is 677. The molecule has 0 heterocycles. The van der Waals surface area contributed by atoms with Gasteiger partial charge in [-0.3, -0.25) is 4.79 Å². The summed E-state index contributed by atoms with van der Waals surface area (Å²) in [6.07, 6.45) is 0. The number of aliphatic hydroxyl groups is 1. The lowest BCUT2D eigenvalue weighted by molar-refractivity contribution is 0.0950. The van der Waals surface area contributed by atoms with Crippen LogP contribution >= 0.6 is 11.6 Å². The molecule has 0 aromatic heterocycles. The highest BCUT2D eigenvalue weighted by atomic mass is 35.5. The summed E-state index contributed by atoms with van der Waals surface area (Å²) in [6.45, 7) is 0.0821. The Kier molecular flexibility index (Phi) is 4.88. The van der Waals surface area contributed by atoms with Crippen molar-refractivity contribution >= 4 is 17.5 Å². The predicted molar refractivity (Wildman–Crippen MR) is 74.9 cm³/mol. The number of hydrogen-bond acceptors (Lipinski definition) is 2. The van der Waals surface area contributed by atoms with Gasteiger partial charge in [0.1, 0.15) is 0 Å². The van der Waals surface area contributed by atoms with Gasteiger partial charge in [-0.1, -0.05) is 35.9 Å². The highest BCUT2D eigenvalue weighted by molar-refractivity contribution is 6.33. The minimum Gasteiger partial charge on any atom is -0.392 e. The van der Waals surface area contributed by atoms with E-state index >= 15 is 0 Å². The number of rotatable bonds is 4. The fourth-order valence-corrected chi connectivity index (χ4v) is 2.05. The van der Waals surface area contributed by atoms with Crippen LogP contribution in [0, 0.1) is 11.6 Å². The lowest BCUT2D eigenvalue weighted by Crippen LogP contribution is -2.23. The van der Waals surface area contributed by atoms with Crippen LogP contribution in [0.5, 0.6) is 0 Å². The molecule has 0 aliphatic rings. The van der Waals surface area contributed by atoms with E-state index in [2.05, 4.69) is 5.32 Å². The number of nitrogens with one attached hydrogen (secondary N) is 1. The quantitative estimate of drug-likeness (QED) is 0.853. The van der Waals surface area contributed by atoms with E-state index < -0.39 is 17.5 Å². The second-order valence-electron chi connectivity index (χ2n) is 4.41. The van der Waals surface area contributed by atoms with Gasteiger partial charge in [0.25, 0.3) is 5.91 Å². The molecule has 0 radical (unpaired) electrons. The third-order valence-electron chi connectivity index (χ3n) is 2.88. The fourth-order valence-electron chi connectivity index (χ4n) is 1.81. The van der Waals surface area contributed by atoms with Gasteiger partial charge < -0.3 is 10.4 Å². The summed E-state index contributed by atoms with van der Waals surface area (Å²) in [4.78, 5) is 11.9. The van der Waals surface area contributed by atoms with Gasteiger partial charge in [-0.15, -0.1) is 0 Å². The molecule has 110 valence electrons. The number of hydrogen-bond donors (Lipinski definition) is 2. The topological polar surface area (TPSA) is 49.3 Å². The maximum Gasteiger partial charge on any atom is 0.253 e. The normalized spacial score (nSPS) is 10.5. The summed E-state index contributed by atoms with van der Waals surface area (Å²) in [5.41, 5.74) is 1.36. The Morgan fingerprint density at radius 1 is 1.14 bits per heavy atom. The molecule has 0 spiro atoms. The van der Waals surface area contributed by atoms with Crippen molar-refractivity contribution in [2.75, 3.05) is 0 Å². The minimum atomic E-state index is -1.13. The predicted octanol–water partition coefficient (Wildman–Crippen LogP) is 3.04. The number of aliphatic hydroxyl groups excluding tert-OH is 1. The van der Waals surface area contributed by atoms with Crippen molar-refractivity contribution in [3.63, 3.8) is 0 Å².